The van der Waals surface area contributed by atoms with Crippen molar-refractivity contribution in [3.05, 3.63) is 27.5 Å². The number of hydrogen-bond acceptors (Lipinski definition) is 8. The minimum atomic E-state index is -0.457. The van der Waals surface area contributed by atoms with Crippen molar-refractivity contribution in [1.29, 1.82) is 0 Å². The van der Waals surface area contributed by atoms with Gasteiger partial charge in [0.15, 0.2) is 6.29 Å². The second-order valence-electron chi connectivity index (χ2n) is 14.6. The van der Waals surface area contributed by atoms with Crippen molar-refractivity contribution in [3.63, 3.8) is 0 Å². The molecule has 0 N–H and O–H groups in total. The standard InChI is InChI=1S/C36H56IN5O4/c1-6-15-36(16-7-2,26-45-31-10-8-9-23-44-31)32-29-24-28(37)11-12-30(29)38-33(39-32)41-17-13-27(14-18-41)25-40-19-21-42(22-20-40)34(43)46-35(3,4)5/h11-12,24,27,31H,6-10,13-23,25-26H2,1-5H3. The smallest absolute Gasteiger partial charge is 0.410 e. The van der Waals surface area contributed by atoms with Crippen LogP contribution < -0.4 is 4.90 Å². The highest BCUT2D eigenvalue weighted by atomic mass is 127. The third-order valence-electron chi connectivity index (χ3n) is 9.73. The molecule has 2 aromatic rings. The number of aromatic nitrogens is 2. The number of halogens is 1. The summed E-state index contributed by atoms with van der Waals surface area (Å²) in [6, 6.07) is 6.59. The first-order chi connectivity index (χ1) is 22.1. The molecular formula is C36H56IN5O4. The highest BCUT2D eigenvalue weighted by Crippen LogP contribution is 2.40. The fourth-order valence-corrected chi connectivity index (χ4v) is 7.87. The highest BCUT2D eigenvalue weighted by Gasteiger charge is 2.37. The van der Waals surface area contributed by atoms with E-state index < -0.39 is 5.60 Å². The molecule has 3 aliphatic rings. The molecule has 0 spiro atoms. The molecule has 3 fully saturated rings. The minimum Gasteiger partial charge on any atom is -0.444 e. The summed E-state index contributed by atoms with van der Waals surface area (Å²) >= 11 is 2.41. The number of rotatable bonds is 11. The van der Waals surface area contributed by atoms with Gasteiger partial charge in [0.05, 0.1) is 17.8 Å². The van der Waals surface area contributed by atoms with Gasteiger partial charge in [-0.1, -0.05) is 26.7 Å². The Morgan fingerprint density at radius 1 is 0.978 bits per heavy atom. The normalized spacial score (nSPS) is 20.8. The molecule has 46 heavy (non-hydrogen) atoms. The van der Waals surface area contributed by atoms with Crippen molar-refractivity contribution in [2.45, 2.75) is 110 Å². The molecule has 0 saturated carbocycles. The van der Waals surface area contributed by atoms with E-state index >= 15 is 0 Å². The molecule has 4 heterocycles. The van der Waals surface area contributed by atoms with Crippen LogP contribution in [0.25, 0.3) is 10.9 Å². The van der Waals surface area contributed by atoms with Crippen LogP contribution in [0.3, 0.4) is 0 Å². The maximum absolute atomic E-state index is 12.5. The quantitative estimate of drug-likeness (QED) is 0.220. The van der Waals surface area contributed by atoms with E-state index in [1.54, 1.807) is 0 Å². The number of ether oxygens (including phenoxy) is 3. The molecular weight excluding hydrogens is 693 g/mol. The van der Waals surface area contributed by atoms with E-state index in [1.807, 2.05) is 25.7 Å². The van der Waals surface area contributed by atoms with E-state index in [-0.39, 0.29) is 17.8 Å². The summed E-state index contributed by atoms with van der Waals surface area (Å²) in [5.41, 5.74) is 1.53. The third-order valence-corrected chi connectivity index (χ3v) is 10.4. The van der Waals surface area contributed by atoms with Crippen molar-refractivity contribution in [2.24, 2.45) is 5.92 Å². The lowest BCUT2D eigenvalue weighted by Gasteiger charge is -2.39. The number of nitrogens with zero attached hydrogens (tertiary/aromatic N) is 5. The first-order valence-electron chi connectivity index (χ1n) is 17.8. The van der Waals surface area contributed by atoms with E-state index in [1.165, 1.54) is 3.57 Å². The Morgan fingerprint density at radius 3 is 2.33 bits per heavy atom. The predicted molar refractivity (Wildman–Crippen MR) is 192 cm³/mol. The van der Waals surface area contributed by atoms with Crippen molar-refractivity contribution in [1.82, 2.24) is 19.8 Å². The van der Waals surface area contributed by atoms with Crippen LogP contribution in [-0.4, -0.2) is 96.8 Å². The zero-order valence-electron chi connectivity index (χ0n) is 28.9. The summed E-state index contributed by atoms with van der Waals surface area (Å²) in [5, 5.41) is 1.16. The lowest BCUT2D eigenvalue weighted by atomic mass is 9.75. The van der Waals surface area contributed by atoms with Gasteiger partial charge in [0, 0.05) is 66.8 Å². The van der Waals surface area contributed by atoms with Crippen LogP contribution in [0.1, 0.15) is 98.1 Å². The molecule has 5 rings (SSSR count). The van der Waals surface area contributed by atoms with Crippen LogP contribution >= 0.6 is 22.6 Å². The monoisotopic (exact) mass is 749 g/mol. The largest absolute Gasteiger partial charge is 0.444 e. The molecule has 1 amide bonds. The number of carbonyl (C=O) groups is 1. The zero-order valence-corrected chi connectivity index (χ0v) is 31.0. The number of piperidine rings is 1. The van der Waals surface area contributed by atoms with Gasteiger partial charge in [-0.15, -0.1) is 0 Å². The molecule has 10 heteroatoms. The van der Waals surface area contributed by atoms with E-state index in [9.17, 15) is 4.79 Å². The number of carbonyl (C=O) groups excluding carboxylic acids is 1. The van der Waals surface area contributed by atoms with Gasteiger partial charge in [0.1, 0.15) is 5.60 Å². The molecule has 256 valence electrons. The zero-order chi connectivity index (χ0) is 32.7. The second-order valence-corrected chi connectivity index (χ2v) is 15.9. The first-order valence-corrected chi connectivity index (χ1v) is 18.8. The number of anilines is 1. The summed E-state index contributed by atoms with van der Waals surface area (Å²) < 4.78 is 19.4. The van der Waals surface area contributed by atoms with E-state index in [2.05, 4.69) is 64.4 Å². The van der Waals surface area contributed by atoms with Crippen LogP contribution in [0.4, 0.5) is 10.7 Å². The van der Waals surface area contributed by atoms with E-state index in [0.717, 1.165) is 133 Å². The van der Waals surface area contributed by atoms with Crippen molar-refractivity contribution in [3.8, 4) is 0 Å². The SMILES string of the molecule is CCCC(CCC)(COC1CCCCO1)c1nc(N2CCC(CN3CCN(C(=O)OC(C)(C)C)CC3)CC2)nc2ccc(I)cc12. The lowest BCUT2D eigenvalue weighted by Crippen LogP contribution is -2.51. The fraction of sp³-hybridized carbons (Fsp3) is 0.750. The first kappa shape index (κ1) is 35.5. The van der Waals surface area contributed by atoms with Gasteiger partial charge in [-0.2, -0.15) is 0 Å². The summed E-state index contributed by atoms with van der Waals surface area (Å²) in [7, 11) is 0. The Morgan fingerprint density at radius 2 is 1.70 bits per heavy atom. The topological polar surface area (TPSA) is 80.3 Å². The van der Waals surface area contributed by atoms with Crippen LogP contribution in [0, 0.1) is 9.49 Å². The molecule has 3 saturated heterocycles. The minimum absolute atomic E-state index is 0.117. The fourth-order valence-electron chi connectivity index (χ4n) is 7.38. The molecule has 9 nitrogen and oxygen atoms in total. The molecule has 1 unspecified atom stereocenters. The van der Waals surface area contributed by atoms with Crippen molar-refractivity contribution < 1.29 is 19.0 Å². The Bertz CT molecular complexity index is 1280. The van der Waals surface area contributed by atoms with Crippen molar-refractivity contribution in [2.75, 3.05) is 63.9 Å². The van der Waals surface area contributed by atoms with Gasteiger partial charge in [0.2, 0.25) is 5.95 Å². The number of benzene rings is 1. The molecule has 1 aromatic carbocycles. The maximum Gasteiger partial charge on any atom is 0.410 e. The molecule has 0 bridgehead atoms. The van der Waals surface area contributed by atoms with Gasteiger partial charge in [-0.05, 0) is 112 Å². The van der Waals surface area contributed by atoms with Gasteiger partial charge in [-0.3, -0.25) is 4.90 Å². The summed E-state index contributed by atoms with van der Waals surface area (Å²) in [4.78, 5) is 29.9. The van der Waals surface area contributed by atoms with Crippen LogP contribution in [0.15, 0.2) is 18.2 Å². The Balaban J connectivity index is 1.28. The molecule has 0 radical (unpaired) electrons. The summed E-state index contributed by atoms with van der Waals surface area (Å²) in [5.74, 6) is 1.49. The Hall–Kier alpha value is -1.76. The van der Waals surface area contributed by atoms with Crippen molar-refractivity contribution >= 4 is 45.5 Å². The number of amides is 1. The summed E-state index contributed by atoms with van der Waals surface area (Å²) in [6.45, 7) is 18.0. The maximum atomic E-state index is 12.5. The lowest BCUT2D eigenvalue weighted by molar-refractivity contribution is -0.173. The number of hydrogen-bond donors (Lipinski definition) is 0. The number of fused-ring (bicyclic) bond motifs is 1. The molecule has 0 aliphatic carbocycles. The van der Waals surface area contributed by atoms with E-state index in [4.69, 9.17) is 24.2 Å². The molecule has 1 aromatic heterocycles. The molecule has 3 aliphatic heterocycles. The highest BCUT2D eigenvalue weighted by molar-refractivity contribution is 14.1. The predicted octanol–water partition coefficient (Wildman–Crippen LogP) is 7.38. The van der Waals surface area contributed by atoms with Crippen LogP contribution in [0.2, 0.25) is 0 Å². The van der Waals surface area contributed by atoms with Gasteiger partial charge < -0.3 is 24.0 Å². The number of piperazine rings is 1. The van der Waals surface area contributed by atoms with Gasteiger partial charge >= 0.3 is 6.09 Å². The second kappa shape index (κ2) is 16.1. The Kier molecular flexibility index (Phi) is 12.4. The average Bonchev–Trinajstić information content (AvgIpc) is 3.04. The van der Waals surface area contributed by atoms with Gasteiger partial charge in [0.25, 0.3) is 0 Å². The van der Waals surface area contributed by atoms with Crippen LogP contribution in [-0.2, 0) is 19.6 Å². The molecule has 1 atom stereocenters. The van der Waals surface area contributed by atoms with E-state index in [0.29, 0.717) is 12.5 Å². The third kappa shape index (κ3) is 9.23. The summed E-state index contributed by atoms with van der Waals surface area (Å²) in [6.07, 6.45) is 9.35. The Labute approximate surface area is 290 Å². The average molecular weight is 750 g/mol. The van der Waals surface area contributed by atoms with Gasteiger partial charge in [-0.25, -0.2) is 14.8 Å². The van der Waals surface area contributed by atoms with Crippen LogP contribution in [0.5, 0.6) is 0 Å².